The third kappa shape index (κ3) is 5.42. The Labute approximate surface area is 171 Å². The first-order valence-corrected chi connectivity index (χ1v) is 9.17. The van der Waals surface area contributed by atoms with Gasteiger partial charge in [0, 0.05) is 30.6 Å². The maximum absolute atomic E-state index is 11.3. The number of nitrogen functional groups attached to an aromatic ring is 1. The number of amidine groups is 1. The lowest BCUT2D eigenvalue weighted by atomic mass is 9.92. The molecule has 1 aromatic carbocycles. The zero-order chi connectivity index (χ0) is 19.2. The fraction of sp³-hybridized carbons (Fsp3) is 0.400. The van der Waals surface area contributed by atoms with Gasteiger partial charge in [0.1, 0.15) is 5.84 Å². The number of nitrogens with two attached hydrogens (primary N) is 1. The van der Waals surface area contributed by atoms with Gasteiger partial charge >= 0.3 is 5.97 Å². The molecule has 0 unspecified atom stereocenters. The van der Waals surface area contributed by atoms with Crippen LogP contribution in [0.3, 0.4) is 0 Å². The number of methoxy groups -OCH3 is 1. The van der Waals surface area contributed by atoms with Crippen molar-refractivity contribution in [3.8, 4) is 11.3 Å². The standard InChI is InChI=1S/C20H25N5O2.ClH/c1-27-19(26)9-2-14-10-12-25(13-11-14)18-8-7-17(23-24-18)15-3-5-16(6-4-15)20(21)22;/h3-8,14H,2,9-13H2,1H3,(H3,21,22);1H. The van der Waals surface area contributed by atoms with Gasteiger partial charge in [0.15, 0.2) is 5.82 Å². The number of esters is 1. The third-order valence-corrected chi connectivity index (χ3v) is 5.07. The van der Waals surface area contributed by atoms with E-state index in [1.54, 1.807) is 0 Å². The summed E-state index contributed by atoms with van der Waals surface area (Å²) in [6.45, 7) is 1.85. The van der Waals surface area contributed by atoms with Crippen LogP contribution in [0.25, 0.3) is 11.3 Å². The molecule has 0 aliphatic carbocycles. The molecule has 7 nitrogen and oxygen atoms in total. The van der Waals surface area contributed by atoms with E-state index in [9.17, 15) is 4.79 Å². The van der Waals surface area contributed by atoms with E-state index in [0.717, 1.165) is 49.4 Å². The molecule has 0 radical (unpaired) electrons. The average Bonchev–Trinajstić information content (AvgIpc) is 2.72. The molecule has 0 atom stereocenters. The Morgan fingerprint density at radius 1 is 1.18 bits per heavy atom. The first kappa shape index (κ1) is 21.6. The van der Waals surface area contributed by atoms with Gasteiger partial charge in [-0.2, -0.15) is 0 Å². The molecule has 0 saturated carbocycles. The van der Waals surface area contributed by atoms with Crippen LogP contribution in [0.1, 0.15) is 31.2 Å². The van der Waals surface area contributed by atoms with Gasteiger partial charge in [0.25, 0.3) is 0 Å². The number of rotatable bonds is 6. The molecular weight excluding hydrogens is 378 g/mol. The molecule has 0 amide bonds. The molecule has 1 aliphatic heterocycles. The molecule has 0 bridgehead atoms. The minimum Gasteiger partial charge on any atom is -0.469 e. The minimum atomic E-state index is -0.129. The Kier molecular flexibility index (Phi) is 7.75. The van der Waals surface area contributed by atoms with Crippen molar-refractivity contribution in [3.05, 3.63) is 42.0 Å². The van der Waals surface area contributed by atoms with Crippen LogP contribution in [0.2, 0.25) is 0 Å². The van der Waals surface area contributed by atoms with E-state index in [2.05, 4.69) is 15.1 Å². The second-order valence-corrected chi connectivity index (χ2v) is 6.81. The number of benzene rings is 1. The third-order valence-electron chi connectivity index (χ3n) is 5.07. The Morgan fingerprint density at radius 3 is 2.39 bits per heavy atom. The summed E-state index contributed by atoms with van der Waals surface area (Å²) in [7, 11) is 1.44. The molecule has 2 heterocycles. The number of piperidine rings is 1. The fourth-order valence-corrected chi connectivity index (χ4v) is 3.34. The highest BCUT2D eigenvalue weighted by Crippen LogP contribution is 2.26. The van der Waals surface area contributed by atoms with Gasteiger partial charge < -0.3 is 15.4 Å². The topological polar surface area (TPSA) is 105 Å². The van der Waals surface area contributed by atoms with Gasteiger partial charge in [0.2, 0.25) is 0 Å². The number of aromatic nitrogens is 2. The highest BCUT2D eigenvalue weighted by atomic mass is 35.5. The summed E-state index contributed by atoms with van der Waals surface area (Å²) in [6.07, 6.45) is 3.49. The monoisotopic (exact) mass is 403 g/mol. The Balaban J connectivity index is 0.00000280. The summed E-state index contributed by atoms with van der Waals surface area (Å²) < 4.78 is 4.71. The van der Waals surface area contributed by atoms with E-state index < -0.39 is 0 Å². The van der Waals surface area contributed by atoms with E-state index in [0.29, 0.717) is 17.9 Å². The highest BCUT2D eigenvalue weighted by Gasteiger charge is 2.21. The predicted octanol–water partition coefficient (Wildman–Crippen LogP) is 3.02. The predicted molar refractivity (Wildman–Crippen MR) is 112 cm³/mol. The molecule has 3 rings (SSSR count). The number of carbonyl (C=O) groups is 1. The van der Waals surface area contributed by atoms with Crippen molar-refractivity contribution in [2.45, 2.75) is 25.7 Å². The van der Waals surface area contributed by atoms with E-state index in [4.69, 9.17) is 15.9 Å². The number of hydrogen-bond acceptors (Lipinski definition) is 6. The number of anilines is 1. The SMILES string of the molecule is COC(=O)CCC1CCN(c2ccc(-c3ccc(C(=N)N)cc3)nn2)CC1.Cl. The fourth-order valence-electron chi connectivity index (χ4n) is 3.34. The summed E-state index contributed by atoms with van der Waals surface area (Å²) >= 11 is 0. The Hall–Kier alpha value is -2.67. The van der Waals surface area contributed by atoms with Crippen LogP contribution in [0.4, 0.5) is 5.82 Å². The second kappa shape index (κ2) is 10.0. The molecule has 8 heteroatoms. The lowest BCUT2D eigenvalue weighted by Gasteiger charge is -2.32. The summed E-state index contributed by atoms with van der Waals surface area (Å²) in [5.41, 5.74) is 7.91. The summed E-state index contributed by atoms with van der Waals surface area (Å²) in [6, 6.07) is 11.4. The lowest BCUT2D eigenvalue weighted by Crippen LogP contribution is -2.34. The Bertz CT molecular complexity index is 787. The quantitative estimate of drug-likeness (QED) is 0.436. The van der Waals surface area contributed by atoms with Gasteiger partial charge in [-0.15, -0.1) is 22.6 Å². The van der Waals surface area contributed by atoms with Crippen LogP contribution in [0.5, 0.6) is 0 Å². The number of nitrogens with zero attached hydrogens (tertiary/aromatic N) is 3. The maximum Gasteiger partial charge on any atom is 0.305 e. The van der Waals surface area contributed by atoms with Gasteiger partial charge in [-0.25, -0.2) is 0 Å². The van der Waals surface area contributed by atoms with Crippen LogP contribution in [-0.2, 0) is 9.53 Å². The molecule has 28 heavy (non-hydrogen) atoms. The molecule has 1 saturated heterocycles. The van der Waals surface area contributed by atoms with E-state index >= 15 is 0 Å². The molecule has 1 aliphatic rings. The van der Waals surface area contributed by atoms with E-state index in [1.165, 1.54) is 7.11 Å². The van der Waals surface area contributed by atoms with Crippen molar-refractivity contribution in [3.63, 3.8) is 0 Å². The van der Waals surface area contributed by atoms with Crippen molar-refractivity contribution in [2.75, 3.05) is 25.1 Å². The number of hydrogen-bond donors (Lipinski definition) is 2. The van der Waals surface area contributed by atoms with Crippen LogP contribution in [0, 0.1) is 11.3 Å². The van der Waals surface area contributed by atoms with Crippen molar-refractivity contribution < 1.29 is 9.53 Å². The maximum atomic E-state index is 11.3. The normalized spacial score (nSPS) is 14.2. The largest absolute Gasteiger partial charge is 0.469 e. The molecular formula is C20H26ClN5O2. The first-order valence-electron chi connectivity index (χ1n) is 9.17. The van der Waals surface area contributed by atoms with Crippen LogP contribution >= 0.6 is 12.4 Å². The van der Waals surface area contributed by atoms with E-state index in [1.807, 2.05) is 36.4 Å². The lowest BCUT2D eigenvalue weighted by molar-refractivity contribution is -0.141. The number of carbonyl (C=O) groups excluding carboxylic acids is 1. The van der Waals surface area contributed by atoms with Gasteiger partial charge in [-0.3, -0.25) is 10.2 Å². The number of nitrogens with one attached hydrogen (secondary N) is 1. The molecule has 0 spiro atoms. The second-order valence-electron chi connectivity index (χ2n) is 6.81. The minimum absolute atomic E-state index is 0. The molecule has 2 aromatic rings. The zero-order valence-corrected chi connectivity index (χ0v) is 16.7. The molecule has 150 valence electrons. The van der Waals surface area contributed by atoms with E-state index in [-0.39, 0.29) is 24.2 Å². The molecule has 3 N–H and O–H groups in total. The van der Waals surface area contributed by atoms with Crippen molar-refractivity contribution in [1.29, 1.82) is 5.41 Å². The zero-order valence-electron chi connectivity index (χ0n) is 15.9. The highest BCUT2D eigenvalue weighted by molar-refractivity contribution is 5.95. The van der Waals surface area contributed by atoms with Crippen molar-refractivity contribution in [1.82, 2.24) is 10.2 Å². The molecule has 1 aromatic heterocycles. The van der Waals surface area contributed by atoms with Crippen LogP contribution < -0.4 is 10.6 Å². The van der Waals surface area contributed by atoms with Gasteiger partial charge in [0.05, 0.1) is 12.8 Å². The summed E-state index contributed by atoms with van der Waals surface area (Å²) in [4.78, 5) is 13.5. The molecule has 1 fully saturated rings. The summed E-state index contributed by atoms with van der Waals surface area (Å²) in [5.74, 6) is 1.37. The van der Waals surface area contributed by atoms with Crippen molar-refractivity contribution in [2.24, 2.45) is 11.7 Å². The first-order chi connectivity index (χ1) is 13.1. The van der Waals surface area contributed by atoms with Crippen molar-refractivity contribution >= 4 is 30.0 Å². The smallest absolute Gasteiger partial charge is 0.305 e. The average molecular weight is 404 g/mol. The Morgan fingerprint density at radius 2 is 1.86 bits per heavy atom. The van der Waals surface area contributed by atoms with Crippen LogP contribution in [-0.4, -0.2) is 42.2 Å². The number of ether oxygens (including phenoxy) is 1. The number of halogens is 1. The van der Waals surface area contributed by atoms with Gasteiger partial charge in [-0.1, -0.05) is 24.3 Å². The van der Waals surface area contributed by atoms with Crippen LogP contribution in [0.15, 0.2) is 36.4 Å². The summed E-state index contributed by atoms with van der Waals surface area (Å²) in [5, 5.41) is 16.2. The van der Waals surface area contributed by atoms with Gasteiger partial charge in [-0.05, 0) is 37.3 Å².